The molecular weight excluding hydrogens is 288 g/mol. The first-order chi connectivity index (χ1) is 11.1. The summed E-state index contributed by atoms with van der Waals surface area (Å²) in [6.07, 6.45) is 3.42. The van der Waals surface area contributed by atoms with E-state index in [0.717, 1.165) is 44.1 Å². The SMILES string of the molecule is CNCCC1CCN(C(=O)COc2ccc(C(C)C)cc2)CC1. The number of benzene rings is 1. The van der Waals surface area contributed by atoms with Crippen LogP contribution >= 0.6 is 0 Å². The molecule has 128 valence electrons. The van der Waals surface area contributed by atoms with Crippen LogP contribution in [0.15, 0.2) is 24.3 Å². The normalized spacial score (nSPS) is 15.9. The van der Waals surface area contributed by atoms with Gasteiger partial charge in [0.2, 0.25) is 0 Å². The van der Waals surface area contributed by atoms with Crippen LogP contribution in [0.4, 0.5) is 0 Å². The van der Waals surface area contributed by atoms with E-state index in [0.29, 0.717) is 5.92 Å². The van der Waals surface area contributed by atoms with E-state index in [1.807, 2.05) is 24.1 Å². The largest absolute Gasteiger partial charge is 0.484 e. The summed E-state index contributed by atoms with van der Waals surface area (Å²) in [6.45, 7) is 7.27. The molecule has 0 saturated carbocycles. The monoisotopic (exact) mass is 318 g/mol. The van der Waals surface area contributed by atoms with E-state index in [9.17, 15) is 4.79 Å². The van der Waals surface area contributed by atoms with Gasteiger partial charge in [0.15, 0.2) is 6.61 Å². The van der Waals surface area contributed by atoms with E-state index >= 15 is 0 Å². The fourth-order valence-electron chi connectivity index (χ4n) is 3.00. The third-order valence-electron chi connectivity index (χ3n) is 4.68. The Morgan fingerprint density at radius 3 is 2.48 bits per heavy atom. The average molecular weight is 318 g/mol. The van der Waals surface area contributed by atoms with Gasteiger partial charge in [0.25, 0.3) is 5.91 Å². The van der Waals surface area contributed by atoms with Gasteiger partial charge in [-0.15, -0.1) is 0 Å². The number of carbonyl (C=O) groups excluding carboxylic acids is 1. The summed E-state index contributed by atoms with van der Waals surface area (Å²) in [5.41, 5.74) is 1.28. The third-order valence-corrected chi connectivity index (χ3v) is 4.68. The van der Waals surface area contributed by atoms with E-state index in [-0.39, 0.29) is 12.5 Å². The quantitative estimate of drug-likeness (QED) is 0.840. The lowest BCUT2D eigenvalue weighted by molar-refractivity contribution is -0.134. The molecule has 1 aliphatic rings. The molecular formula is C19H30N2O2. The zero-order chi connectivity index (χ0) is 16.7. The van der Waals surface area contributed by atoms with Crippen molar-refractivity contribution < 1.29 is 9.53 Å². The highest BCUT2D eigenvalue weighted by atomic mass is 16.5. The maximum Gasteiger partial charge on any atom is 0.260 e. The smallest absolute Gasteiger partial charge is 0.260 e. The molecule has 0 atom stereocenters. The molecule has 0 spiro atoms. The van der Waals surface area contributed by atoms with E-state index in [1.54, 1.807) is 0 Å². The molecule has 0 aliphatic carbocycles. The lowest BCUT2D eigenvalue weighted by atomic mass is 9.93. The van der Waals surface area contributed by atoms with Crippen molar-refractivity contribution in [2.75, 3.05) is 33.3 Å². The molecule has 1 amide bonds. The minimum atomic E-state index is 0.102. The van der Waals surface area contributed by atoms with Crippen molar-refractivity contribution in [3.05, 3.63) is 29.8 Å². The molecule has 1 aromatic rings. The van der Waals surface area contributed by atoms with Crippen molar-refractivity contribution in [1.82, 2.24) is 10.2 Å². The second kappa shape index (κ2) is 8.92. The van der Waals surface area contributed by atoms with Crippen molar-refractivity contribution in [2.24, 2.45) is 5.92 Å². The first kappa shape index (κ1) is 17.8. The molecule has 0 aromatic heterocycles. The fraction of sp³-hybridized carbons (Fsp3) is 0.632. The number of hydrogen-bond acceptors (Lipinski definition) is 3. The van der Waals surface area contributed by atoms with Crippen LogP contribution in [-0.4, -0.2) is 44.1 Å². The summed E-state index contributed by atoms with van der Waals surface area (Å²) >= 11 is 0. The number of nitrogens with one attached hydrogen (secondary N) is 1. The molecule has 0 unspecified atom stereocenters. The number of rotatable bonds is 7. The number of hydrogen-bond donors (Lipinski definition) is 1. The van der Waals surface area contributed by atoms with Crippen LogP contribution in [-0.2, 0) is 4.79 Å². The van der Waals surface area contributed by atoms with Crippen LogP contribution in [0.1, 0.15) is 44.6 Å². The number of carbonyl (C=O) groups is 1. The Hall–Kier alpha value is -1.55. The van der Waals surface area contributed by atoms with Crippen LogP contribution in [0, 0.1) is 5.92 Å². The van der Waals surface area contributed by atoms with E-state index in [1.165, 1.54) is 12.0 Å². The van der Waals surface area contributed by atoms with Gasteiger partial charge in [-0.2, -0.15) is 0 Å². The van der Waals surface area contributed by atoms with Gasteiger partial charge in [-0.05, 0) is 62.4 Å². The fourth-order valence-corrected chi connectivity index (χ4v) is 3.00. The molecule has 4 nitrogen and oxygen atoms in total. The Kier molecular flexibility index (Phi) is 6.90. The van der Waals surface area contributed by atoms with Gasteiger partial charge < -0.3 is 15.0 Å². The maximum atomic E-state index is 12.3. The van der Waals surface area contributed by atoms with Crippen LogP contribution in [0.5, 0.6) is 5.75 Å². The van der Waals surface area contributed by atoms with Gasteiger partial charge in [0, 0.05) is 13.1 Å². The van der Waals surface area contributed by atoms with Crippen molar-refractivity contribution in [3.8, 4) is 5.75 Å². The van der Waals surface area contributed by atoms with E-state index in [4.69, 9.17) is 4.74 Å². The summed E-state index contributed by atoms with van der Waals surface area (Å²) in [4.78, 5) is 14.2. The summed E-state index contributed by atoms with van der Waals surface area (Å²) < 4.78 is 5.65. The Bertz CT molecular complexity index is 477. The average Bonchev–Trinajstić information content (AvgIpc) is 2.58. The minimum absolute atomic E-state index is 0.102. The van der Waals surface area contributed by atoms with Gasteiger partial charge >= 0.3 is 0 Å². The zero-order valence-corrected chi connectivity index (χ0v) is 14.7. The number of ether oxygens (including phenoxy) is 1. The van der Waals surface area contributed by atoms with Crippen molar-refractivity contribution in [3.63, 3.8) is 0 Å². The lowest BCUT2D eigenvalue weighted by Gasteiger charge is -2.32. The molecule has 2 rings (SSSR count). The van der Waals surface area contributed by atoms with Gasteiger partial charge in [0.05, 0.1) is 0 Å². The molecule has 1 saturated heterocycles. The van der Waals surface area contributed by atoms with Crippen LogP contribution in [0.3, 0.4) is 0 Å². The topological polar surface area (TPSA) is 41.6 Å². The molecule has 1 aromatic carbocycles. The first-order valence-corrected chi connectivity index (χ1v) is 8.75. The second-order valence-electron chi connectivity index (χ2n) is 6.73. The molecule has 1 heterocycles. The highest BCUT2D eigenvalue weighted by Gasteiger charge is 2.22. The summed E-state index contributed by atoms with van der Waals surface area (Å²) in [7, 11) is 1.99. The molecule has 23 heavy (non-hydrogen) atoms. The Balaban J connectivity index is 1.73. The van der Waals surface area contributed by atoms with Crippen LogP contribution in [0.25, 0.3) is 0 Å². The standard InChI is InChI=1S/C19H30N2O2/c1-15(2)17-4-6-18(7-5-17)23-14-19(22)21-12-9-16(10-13-21)8-11-20-3/h4-7,15-16,20H,8-14H2,1-3H3. The molecule has 0 radical (unpaired) electrons. The summed E-state index contributed by atoms with van der Waals surface area (Å²) in [6, 6.07) is 8.04. The highest BCUT2D eigenvalue weighted by molar-refractivity contribution is 5.77. The Morgan fingerprint density at radius 1 is 1.26 bits per heavy atom. The second-order valence-corrected chi connectivity index (χ2v) is 6.73. The molecule has 1 fully saturated rings. The van der Waals surface area contributed by atoms with Gasteiger partial charge in [-0.3, -0.25) is 4.79 Å². The minimum Gasteiger partial charge on any atom is -0.484 e. The third kappa shape index (κ3) is 5.54. The summed E-state index contributed by atoms with van der Waals surface area (Å²) in [5, 5.41) is 3.20. The Morgan fingerprint density at radius 2 is 1.91 bits per heavy atom. The van der Waals surface area contributed by atoms with Crippen molar-refractivity contribution in [1.29, 1.82) is 0 Å². The lowest BCUT2D eigenvalue weighted by Crippen LogP contribution is -2.41. The van der Waals surface area contributed by atoms with Crippen molar-refractivity contribution in [2.45, 2.75) is 39.0 Å². The first-order valence-electron chi connectivity index (χ1n) is 8.75. The number of amides is 1. The summed E-state index contributed by atoms with van der Waals surface area (Å²) in [5.74, 6) is 2.13. The van der Waals surface area contributed by atoms with Crippen LogP contribution in [0.2, 0.25) is 0 Å². The number of piperidine rings is 1. The number of likely N-dealkylation sites (tertiary alicyclic amines) is 1. The van der Waals surface area contributed by atoms with Gasteiger partial charge in [-0.25, -0.2) is 0 Å². The Labute approximate surface area is 140 Å². The molecule has 4 heteroatoms. The predicted molar refractivity (Wildman–Crippen MR) is 93.9 cm³/mol. The van der Waals surface area contributed by atoms with Gasteiger partial charge in [-0.1, -0.05) is 26.0 Å². The highest BCUT2D eigenvalue weighted by Crippen LogP contribution is 2.21. The number of nitrogens with zero attached hydrogens (tertiary/aromatic N) is 1. The predicted octanol–water partition coefficient (Wildman–Crippen LogP) is 3.04. The zero-order valence-electron chi connectivity index (χ0n) is 14.7. The molecule has 1 N–H and O–H groups in total. The van der Waals surface area contributed by atoms with Crippen LogP contribution < -0.4 is 10.1 Å². The maximum absolute atomic E-state index is 12.3. The van der Waals surface area contributed by atoms with Crippen molar-refractivity contribution >= 4 is 5.91 Å². The van der Waals surface area contributed by atoms with Gasteiger partial charge in [0.1, 0.15) is 5.75 Å². The molecule has 1 aliphatic heterocycles. The van der Waals surface area contributed by atoms with E-state index < -0.39 is 0 Å². The molecule has 0 bridgehead atoms. The van der Waals surface area contributed by atoms with E-state index in [2.05, 4.69) is 31.3 Å².